The van der Waals surface area contributed by atoms with E-state index in [2.05, 4.69) is 0 Å². The molecule has 0 aliphatic carbocycles. The first kappa shape index (κ1) is 20.1. The first-order chi connectivity index (χ1) is 12.0. The van der Waals surface area contributed by atoms with E-state index in [1.807, 2.05) is 6.07 Å². The zero-order chi connectivity index (χ0) is 18.3. The van der Waals surface area contributed by atoms with Crippen LogP contribution in [0.15, 0.2) is 64.1 Å². The molecular weight excluding hydrogens is 379 g/mol. The molecule has 0 radical (unpaired) electrons. The Hall–Kier alpha value is -1.23. The number of benzene rings is 2. The molecule has 2 aromatic rings. The van der Waals surface area contributed by atoms with Gasteiger partial charge in [-0.2, -0.15) is 0 Å². The van der Waals surface area contributed by atoms with Crippen molar-refractivity contribution >= 4 is 36.1 Å². The van der Waals surface area contributed by atoms with Crippen molar-refractivity contribution in [1.82, 2.24) is 0 Å². The molecule has 0 fully saturated rings. The van der Waals surface area contributed by atoms with E-state index in [4.69, 9.17) is 20.6 Å². The second kappa shape index (κ2) is 9.46. The molecule has 0 spiro atoms. The topological polar surface area (TPSA) is 52.6 Å². The third-order valence-electron chi connectivity index (χ3n) is 3.18. The molecule has 0 aliphatic rings. The Morgan fingerprint density at radius 2 is 1.60 bits per heavy atom. The summed E-state index contributed by atoms with van der Waals surface area (Å²) in [5.41, 5.74) is 0.711. The summed E-state index contributed by atoms with van der Waals surface area (Å²) >= 11 is 5.91. The Morgan fingerprint density at radius 1 is 1.04 bits per heavy atom. The molecular formula is C18H20ClO4PS. The van der Waals surface area contributed by atoms with Crippen LogP contribution < -0.4 is 0 Å². The largest absolute Gasteiger partial charge is 0.370 e. The second-order valence-electron chi connectivity index (χ2n) is 4.95. The van der Waals surface area contributed by atoms with Crippen molar-refractivity contribution in [1.29, 1.82) is 0 Å². The fraction of sp³-hybridized carbons (Fsp3) is 0.222. The van der Waals surface area contributed by atoms with E-state index >= 15 is 0 Å². The fourth-order valence-electron chi connectivity index (χ4n) is 2.10. The molecule has 0 heterocycles. The van der Waals surface area contributed by atoms with Gasteiger partial charge in [-0.3, -0.25) is 4.57 Å². The molecule has 0 saturated carbocycles. The van der Waals surface area contributed by atoms with E-state index in [1.54, 1.807) is 68.5 Å². The number of halogens is 1. The maximum atomic E-state index is 13.3. The monoisotopic (exact) mass is 398 g/mol. The smallest absolute Gasteiger partial charge is 0.305 e. The third kappa shape index (κ3) is 5.37. The molecule has 1 atom stereocenters. The molecule has 4 nitrogen and oxygen atoms in total. The molecule has 0 bridgehead atoms. The minimum atomic E-state index is -3.70. The van der Waals surface area contributed by atoms with E-state index in [-0.39, 0.29) is 17.9 Å². The molecule has 0 aromatic heterocycles. The van der Waals surface area contributed by atoms with Gasteiger partial charge in [0.15, 0.2) is 0 Å². The lowest BCUT2D eigenvalue weighted by Crippen LogP contribution is -2.04. The van der Waals surface area contributed by atoms with Crippen LogP contribution in [0.5, 0.6) is 0 Å². The summed E-state index contributed by atoms with van der Waals surface area (Å²) in [4.78, 5) is 0.530. The molecule has 2 aromatic carbocycles. The van der Waals surface area contributed by atoms with Gasteiger partial charge in [-0.05, 0) is 49.8 Å². The molecule has 7 heteroatoms. The molecule has 0 N–H and O–H groups in total. The average Bonchev–Trinajstić information content (AvgIpc) is 2.62. The predicted molar refractivity (Wildman–Crippen MR) is 103 cm³/mol. The highest BCUT2D eigenvalue weighted by Gasteiger charge is 2.34. The second-order valence-corrected chi connectivity index (χ2v) is 9.13. The maximum absolute atomic E-state index is 13.3. The standard InChI is InChI=1S/C18H20ClO4PS/c1-3-22-24(20,23-4-2)18(14-15-10-12-16(19)13-11-15)25(21)17-8-6-5-7-9-17/h5-14H,3-4H2,1-2H3/b18-14+. The summed E-state index contributed by atoms with van der Waals surface area (Å²) in [7, 11) is -5.38. The van der Waals surface area contributed by atoms with Crippen LogP contribution in [-0.2, 0) is 24.4 Å². The predicted octanol–water partition coefficient (Wildman–Crippen LogP) is 5.71. The van der Waals surface area contributed by atoms with Gasteiger partial charge >= 0.3 is 7.60 Å². The molecule has 2 rings (SSSR count). The van der Waals surface area contributed by atoms with Crippen molar-refractivity contribution in [3.05, 3.63) is 69.8 Å². The number of rotatable bonds is 8. The van der Waals surface area contributed by atoms with Crippen LogP contribution in [0.2, 0.25) is 5.02 Å². The average molecular weight is 399 g/mol. The Balaban J connectivity index is 2.56. The van der Waals surface area contributed by atoms with Gasteiger partial charge < -0.3 is 9.05 Å². The SMILES string of the molecule is CCOP(=O)(OCC)/C(=C\c1ccc(Cl)cc1)S(=O)c1ccccc1. The fourth-order valence-corrected chi connectivity index (χ4v) is 5.88. The van der Waals surface area contributed by atoms with Gasteiger partial charge in [0.2, 0.25) is 0 Å². The van der Waals surface area contributed by atoms with Crippen molar-refractivity contribution in [2.24, 2.45) is 0 Å². The molecule has 0 aliphatic heterocycles. The first-order valence-electron chi connectivity index (χ1n) is 7.84. The van der Waals surface area contributed by atoms with Crippen LogP contribution >= 0.6 is 19.2 Å². The lowest BCUT2D eigenvalue weighted by atomic mass is 10.2. The number of hydrogen-bond acceptors (Lipinski definition) is 4. The van der Waals surface area contributed by atoms with Gasteiger partial charge in [-0.15, -0.1) is 0 Å². The van der Waals surface area contributed by atoms with Gasteiger partial charge in [0.1, 0.15) is 4.65 Å². The maximum Gasteiger partial charge on any atom is 0.370 e. The Labute approximate surface area is 155 Å². The zero-order valence-corrected chi connectivity index (χ0v) is 16.5. The Bertz CT molecular complexity index is 780. The van der Waals surface area contributed by atoms with Gasteiger partial charge in [-0.25, -0.2) is 4.21 Å². The van der Waals surface area contributed by atoms with Gasteiger partial charge in [0, 0.05) is 9.92 Å². The van der Waals surface area contributed by atoms with Crippen LogP contribution in [0.3, 0.4) is 0 Å². The zero-order valence-electron chi connectivity index (χ0n) is 14.1. The van der Waals surface area contributed by atoms with Crippen molar-refractivity contribution in [3.63, 3.8) is 0 Å². The lowest BCUT2D eigenvalue weighted by molar-refractivity contribution is 0.228. The van der Waals surface area contributed by atoms with Crippen LogP contribution in [0, 0.1) is 0 Å². The van der Waals surface area contributed by atoms with E-state index in [1.165, 1.54) is 0 Å². The summed E-state index contributed by atoms with van der Waals surface area (Å²) in [5, 5.41) is 0.584. The van der Waals surface area contributed by atoms with E-state index in [0.717, 1.165) is 0 Å². The Morgan fingerprint density at radius 3 is 2.12 bits per heavy atom. The highest BCUT2D eigenvalue weighted by molar-refractivity contribution is 7.98. The summed E-state index contributed by atoms with van der Waals surface area (Å²) in [5.74, 6) is 0. The van der Waals surface area contributed by atoms with Gasteiger partial charge in [0.25, 0.3) is 0 Å². The van der Waals surface area contributed by atoms with E-state index < -0.39 is 18.4 Å². The van der Waals surface area contributed by atoms with Crippen LogP contribution in [-0.4, -0.2) is 17.4 Å². The Kier molecular flexibility index (Phi) is 7.60. The van der Waals surface area contributed by atoms with Crippen molar-refractivity contribution < 1.29 is 17.8 Å². The van der Waals surface area contributed by atoms with Crippen molar-refractivity contribution in [2.45, 2.75) is 18.7 Å². The first-order valence-corrected chi connectivity index (χ1v) is 10.9. The molecule has 0 amide bonds. The molecule has 0 saturated heterocycles. The van der Waals surface area contributed by atoms with Crippen LogP contribution in [0.1, 0.15) is 19.4 Å². The van der Waals surface area contributed by atoms with Crippen LogP contribution in [0.25, 0.3) is 6.08 Å². The third-order valence-corrected chi connectivity index (χ3v) is 7.66. The van der Waals surface area contributed by atoms with E-state index in [9.17, 15) is 8.77 Å². The van der Waals surface area contributed by atoms with Crippen LogP contribution in [0.4, 0.5) is 0 Å². The minimum absolute atomic E-state index is 0.115. The van der Waals surface area contributed by atoms with Crippen molar-refractivity contribution in [3.8, 4) is 0 Å². The summed E-state index contributed by atoms with van der Waals surface area (Å²) in [6, 6.07) is 15.7. The van der Waals surface area contributed by atoms with Crippen molar-refractivity contribution in [2.75, 3.05) is 13.2 Å². The highest BCUT2D eigenvalue weighted by atomic mass is 35.5. The lowest BCUT2D eigenvalue weighted by Gasteiger charge is -2.19. The molecule has 134 valence electrons. The quantitative estimate of drug-likeness (QED) is 0.534. The molecule has 1 unspecified atom stereocenters. The van der Waals surface area contributed by atoms with Gasteiger partial charge in [-0.1, -0.05) is 41.9 Å². The van der Waals surface area contributed by atoms with E-state index in [0.29, 0.717) is 15.5 Å². The summed E-state index contributed by atoms with van der Waals surface area (Å²) < 4.78 is 37.3. The minimum Gasteiger partial charge on any atom is -0.305 e. The van der Waals surface area contributed by atoms with Gasteiger partial charge in [0.05, 0.1) is 24.0 Å². The summed E-state index contributed by atoms with van der Waals surface area (Å²) in [6.45, 7) is 3.80. The normalized spacial score (nSPS) is 13.6. The number of hydrogen-bond donors (Lipinski definition) is 0. The molecule has 25 heavy (non-hydrogen) atoms. The summed E-state index contributed by atoms with van der Waals surface area (Å²) in [6.07, 6.45) is 1.59. The highest BCUT2D eigenvalue weighted by Crippen LogP contribution is 2.58.